The molecule has 1 aromatic heterocycles. The topological polar surface area (TPSA) is 95.5 Å². The van der Waals surface area contributed by atoms with Crippen molar-refractivity contribution in [3.63, 3.8) is 0 Å². The zero-order chi connectivity index (χ0) is 18.9. The van der Waals surface area contributed by atoms with E-state index in [9.17, 15) is 23.9 Å². The fourth-order valence-corrected chi connectivity index (χ4v) is 2.93. The molecule has 0 aliphatic heterocycles. The molecule has 1 heterocycles. The van der Waals surface area contributed by atoms with Gasteiger partial charge in [-0.05, 0) is 35.6 Å². The van der Waals surface area contributed by atoms with Crippen molar-refractivity contribution in [3.8, 4) is 0 Å². The van der Waals surface area contributed by atoms with Crippen molar-refractivity contribution in [1.82, 2.24) is 10.6 Å². The summed E-state index contributed by atoms with van der Waals surface area (Å²) in [7, 11) is 0. The van der Waals surface area contributed by atoms with Crippen LogP contribution in [0.1, 0.15) is 34.7 Å². The molecular formula is C18H19FN2O4S. The van der Waals surface area contributed by atoms with Crippen molar-refractivity contribution in [2.45, 2.75) is 18.8 Å². The predicted molar refractivity (Wildman–Crippen MR) is 95.7 cm³/mol. The van der Waals surface area contributed by atoms with Crippen LogP contribution in [0.25, 0.3) is 0 Å². The Morgan fingerprint density at radius 2 is 1.85 bits per heavy atom. The molecule has 1 unspecified atom stereocenters. The number of carbonyl (C=O) groups excluding carboxylic acids is 2. The lowest BCUT2D eigenvalue weighted by molar-refractivity contribution is -0.138. The molecular weight excluding hydrogens is 359 g/mol. The number of thiophene rings is 1. The monoisotopic (exact) mass is 378 g/mol. The van der Waals surface area contributed by atoms with Crippen LogP contribution in [0.15, 0.2) is 41.1 Å². The van der Waals surface area contributed by atoms with Crippen molar-refractivity contribution in [2.24, 2.45) is 0 Å². The molecule has 8 heteroatoms. The van der Waals surface area contributed by atoms with Gasteiger partial charge in [-0.25, -0.2) is 4.39 Å². The SMILES string of the molecule is O=C(CCCNC(=O)c1ccsc1)NCC(C(=O)O)c1ccc(F)cc1. The number of amides is 2. The van der Waals surface area contributed by atoms with E-state index in [1.807, 2.05) is 5.38 Å². The molecule has 0 saturated heterocycles. The number of carbonyl (C=O) groups is 3. The van der Waals surface area contributed by atoms with E-state index in [2.05, 4.69) is 10.6 Å². The lowest BCUT2D eigenvalue weighted by atomic mass is 9.99. The minimum atomic E-state index is -1.10. The first-order chi connectivity index (χ1) is 12.5. The molecule has 0 saturated carbocycles. The number of benzene rings is 1. The van der Waals surface area contributed by atoms with Gasteiger partial charge in [0.2, 0.25) is 5.91 Å². The van der Waals surface area contributed by atoms with Gasteiger partial charge in [0.1, 0.15) is 5.82 Å². The zero-order valence-corrected chi connectivity index (χ0v) is 14.7. The van der Waals surface area contributed by atoms with Gasteiger partial charge in [0.15, 0.2) is 0 Å². The minimum Gasteiger partial charge on any atom is -0.481 e. The fourth-order valence-electron chi connectivity index (χ4n) is 2.29. The molecule has 26 heavy (non-hydrogen) atoms. The molecule has 1 atom stereocenters. The highest BCUT2D eigenvalue weighted by Crippen LogP contribution is 2.16. The number of hydrogen-bond acceptors (Lipinski definition) is 4. The molecule has 0 fully saturated rings. The van der Waals surface area contributed by atoms with Crippen LogP contribution < -0.4 is 10.6 Å². The molecule has 0 aliphatic carbocycles. The summed E-state index contributed by atoms with van der Waals surface area (Å²) in [5, 5.41) is 18.1. The lowest BCUT2D eigenvalue weighted by Crippen LogP contribution is -2.32. The first kappa shape index (κ1) is 19.6. The van der Waals surface area contributed by atoms with Crippen molar-refractivity contribution in [3.05, 3.63) is 58.0 Å². The number of carboxylic acid groups (broad SMARTS) is 1. The van der Waals surface area contributed by atoms with Crippen LogP contribution in [0.3, 0.4) is 0 Å². The average molecular weight is 378 g/mol. The van der Waals surface area contributed by atoms with E-state index >= 15 is 0 Å². The normalized spacial score (nSPS) is 11.6. The van der Waals surface area contributed by atoms with E-state index in [1.165, 1.54) is 35.6 Å². The second-order valence-electron chi connectivity index (χ2n) is 5.62. The predicted octanol–water partition coefficient (Wildman–Crippen LogP) is 2.38. The first-order valence-corrected chi connectivity index (χ1v) is 8.97. The summed E-state index contributed by atoms with van der Waals surface area (Å²) in [6, 6.07) is 6.86. The Morgan fingerprint density at radius 1 is 1.12 bits per heavy atom. The third-order valence-corrected chi connectivity index (χ3v) is 4.41. The molecule has 138 valence electrons. The van der Waals surface area contributed by atoms with E-state index < -0.39 is 17.7 Å². The average Bonchev–Trinajstić information content (AvgIpc) is 3.14. The Hall–Kier alpha value is -2.74. The standard InChI is InChI=1S/C18H19FN2O4S/c19-14-5-3-12(4-6-14)15(18(24)25)10-21-16(22)2-1-8-20-17(23)13-7-9-26-11-13/h3-7,9,11,15H,1-2,8,10H2,(H,20,23)(H,21,22)(H,24,25). The largest absolute Gasteiger partial charge is 0.481 e. The fraction of sp³-hybridized carbons (Fsp3) is 0.278. The Labute approximate surface area is 154 Å². The van der Waals surface area contributed by atoms with Gasteiger partial charge in [-0.2, -0.15) is 11.3 Å². The van der Waals surface area contributed by atoms with Crippen LogP contribution in [0.2, 0.25) is 0 Å². The van der Waals surface area contributed by atoms with Crippen LogP contribution in [-0.2, 0) is 9.59 Å². The van der Waals surface area contributed by atoms with Crippen LogP contribution in [-0.4, -0.2) is 36.0 Å². The van der Waals surface area contributed by atoms with Crippen molar-refractivity contribution in [1.29, 1.82) is 0 Å². The van der Waals surface area contributed by atoms with Gasteiger partial charge in [0.05, 0.1) is 5.92 Å². The van der Waals surface area contributed by atoms with Gasteiger partial charge in [0.25, 0.3) is 5.91 Å². The summed E-state index contributed by atoms with van der Waals surface area (Å²) in [5.74, 6) is -2.98. The number of carboxylic acids is 1. The van der Waals surface area contributed by atoms with E-state index in [0.717, 1.165) is 0 Å². The molecule has 0 radical (unpaired) electrons. The zero-order valence-electron chi connectivity index (χ0n) is 13.9. The molecule has 6 nitrogen and oxygen atoms in total. The van der Waals surface area contributed by atoms with Crippen LogP contribution in [0.5, 0.6) is 0 Å². The highest BCUT2D eigenvalue weighted by molar-refractivity contribution is 7.08. The summed E-state index contributed by atoms with van der Waals surface area (Å²) >= 11 is 1.43. The second kappa shape index (κ2) is 9.67. The van der Waals surface area contributed by atoms with Gasteiger partial charge in [-0.3, -0.25) is 14.4 Å². The van der Waals surface area contributed by atoms with Gasteiger partial charge < -0.3 is 15.7 Å². The molecule has 0 aliphatic rings. The molecule has 0 spiro atoms. The van der Waals surface area contributed by atoms with Gasteiger partial charge in [-0.1, -0.05) is 12.1 Å². The maximum Gasteiger partial charge on any atom is 0.312 e. The summed E-state index contributed by atoms with van der Waals surface area (Å²) in [5.41, 5.74) is 1.00. The Bertz CT molecular complexity index is 747. The van der Waals surface area contributed by atoms with Gasteiger partial charge >= 0.3 is 5.97 Å². The summed E-state index contributed by atoms with van der Waals surface area (Å²) in [6.07, 6.45) is 0.607. The number of nitrogens with one attached hydrogen (secondary N) is 2. The number of aliphatic carboxylic acids is 1. The minimum absolute atomic E-state index is 0.0823. The third-order valence-electron chi connectivity index (χ3n) is 3.72. The van der Waals surface area contributed by atoms with Crippen LogP contribution >= 0.6 is 11.3 Å². The van der Waals surface area contributed by atoms with Crippen LogP contribution in [0, 0.1) is 5.82 Å². The molecule has 1 aromatic carbocycles. The van der Waals surface area contributed by atoms with Gasteiger partial charge in [-0.15, -0.1) is 0 Å². The number of rotatable bonds is 9. The first-order valence-electron chi connectivity index (χ1n) is 8.02. The summed E-state index contributed by atoms with van der Waals surface area (Å²) < 4.78 is 12.9. The van der Waals surface area contributed by atoms with Crippen molar-refractivity contribution >= 4 is 29.1 Å². The van der Waals surface area contributed by atoms with E-state index in [-0.39, 0.29) is 24.8 Å². The van der Waals surface area contributed by atoms with E-state index in [0.29, 0.717) is 24.1 Å². The third kappa shape index (κ3) is 5.96. The lowest BCUT2D eigenvalue weighted by Gasteiger charge is -2.14. The Balaban J connectivity index is 1.72. The Morgan fingerprint density at radius 3 is 2.46 bits per heavy atom. The number of halogens is 1. The maximum atomic E-state index is 12.9. The quantitative estimate of drug-likeness (QED) is 0.584. The maximum absolute atomic E-state index is 12.9. The summed E-state index contributed by atoms with van der Waals surface area (Å²) in [4.78, 5) is 34.9. The molecule has 0 bridgehead atoms. The molecule has 2 amide bonds. The highest BCUT2D eigenvalue weighted by atomic mass is 32.1. The number of hydrogen-bond donors (Lipinski definition) is 3. The summed E-state index contributed by atoms with van der Waals surface area (Å²) in [6.45, 7) is 0.267. The smallest absolute Gasteiger partial charge is 0.312 e. The van der Waals surface area contributed by atoms with Crippen molar-refractivity contribution in [2.75, 3.05) is 13.1 Å². The molecule has 2 aromatic rings. The second-order valence-corrected chi connectivity index (χ2v) is 6.40. The van der Waals surface area contributed by atoms with Crippen LogP contribution in [0.4, 0.5) is 4.39 Å². The Kier molecular flexibility index (Phi) is 7.28. The van der Waals surface area contributed by atoms with Gasteiger partial charge in [0, 0.05) is 30.5 Å². The van der Waals surface area contributed by atoms with E-state index in [1.54, 1.807) is 11.4 Å². The molecule has 3 N–H and O–H groups in total. The highest BCUT2D eigenvalue weighted by Gasteiger charge is 2.20. The van der Waals surface area contributed by atoms with E-state index in [4.69, 9.17) is 0 Å². The van der Waals surface area contributed by atoms with Crippen molar-refractivity contribution < 1.29 is 23.9 Å². The molecule has 2 rings (SSSR count).